The van der Waals surface area contributed by atoms with Gasteiger partial charge in [-0.25, -0.2) is 4.39 Å². The molecule has 4 rings (SSSR count). The Hall–Kier alpha value is -4.34. The molecule has 10 heteroatoms. The van der Waals surface area contributed by atoms with Crippen LogP contribution in [0.3, 0.4) is 0 Å². The van der Waals surface area contributed by atoms with Crippen LogP contribution < -0.4 is 10.1 Å². The van der Waals surface area contributed by atoms with Crippen LogP contribution in [0.2, 0.25) is 0 Å². The van der Waals surface area contributed by atoms with Gasteiger partial charge in [0.25, 0.3) is 5.91 Å². The molecule has 0 fully saturated rings. The summed E-state index contributed by atoms with van der Waals surface area (Å²) in [5, 5.41) is 11.9. The molecule has 0 spiro atoms. The molecule has 4 aromatic rings. The summed E-state index contributed by atoms with van der Waals surface area (Å²) in [6, 6.07) is 12.5. The van der Waals surface area contributed by atoms with E-state index in [0.717, 1.165) is 23.3 Å². The number of benzene rings is 3. The molecule has 0 aliphatic rings. The molecule has 1 heterocycles. The third-order valence-electron chi connectivity index (χ3n) is 6.54. The number of aromatic nitrogens is 1. The number of nitrogens with one attached hydrogen (secondary N) is 1. The predicted octanol–water partition coefficient (Wildman–Crippen LogP) is 6.69. The highest BCUT2D eigenvalue weighted by Gasteiger charge is 2.31. The van der Waals surface area contributed by atoms with Gasteiger partial charge in [-0.2, -0.15) is 13.2 Å². The fraction of sp³-hybridized carbons (Fsp3) is 0.241. The van der Waals surface area contributed by atoms with Gasteiger partial charge in [-0.3, -0.25) is 9.59 Å². The Morgan fingerprint density at radius 1 is 1.00 bits per heavy atom. The second-order valence-corrected chi connectivity index (χ2v) is 9.32. The van der Waals surface area contributed by atoms with Gasteiger partial charge in [0.15, 0.2) is 0 Å². The van der Waals surface area contributed by atoms with Gasteiger partial charge in [0.1, 0.15) is 23.0 Å². The van der Waals surface area contributed by atoms with E-state index in [1.807, 2.05) is 6.92 Å². The van der Waals surface area contributed by atoms with Gasteiger partial charge in [-0.05, 0) is 85.0 Å². The van der Waals surface area contributed by atoms with Crippen molar-refractivity contribution in [2.75, 3.05) is 0 Å². The molecule has 0 aliphatic heterocycles. The Bertz CT molecular complexity index is 1570. The quantitative estimate of drug-likeness (QED) is 0.243. The van der Waals surface area contributed by atoms with E-state index >= 15 is 0 Å². The van der Waals surface area contributed by atoms with Gasteiger partial charge in [-0.15, -0.1) is 0 Å². The molecular formula is C29H26F4N2O4. The van der Waals surface area contributed by atoms with Crippen LogP contribution in [0.5, 0.6) is 11.5 Å². The first kappa shape index (κ1) is 27.7. The molecule has 0 saturated heterocycles. The third-order valence-corrected chi connectivity index (χ3v) is 6.54. The molecule has 204 valence electrons. The molecule has 0 radical (unpaired) electrons. The number of rotatable bonds is 8. The van der Waals surface area contributed by atoms with Gasteiger partial charge in [0.05, 0.1) is 5.56 Å². The highest BCUT2D eigenvalue weighted by molar-refractivity contribution is 6.01. The SMILES string of the molecule is Cc1cc(Oc2cc(F)cc(CNC(=O)c3c(C)c4cc(C(F)(F)F)ccc4n3C)c2)ccc1CCC(=O)O. The molecule has 3 aromatic carbocycles. The van der Waals surface area contributed by atoms with Crippen molar-refractivity contribution < 1.29 is 37.0 Å². The summed E-state index contributed by atoms with van der Waals surface area (Å²) in [5.74, 6) is -1.33. The Labute approximate surface area is 221 Å². The molecular weight excluding hydrogens is 516 g/mol. The summed E-state index contributed by atoms with van der Waals surface area (Å²) < 4.78 is 61.2. The lowest BCUT2D eigenvalue weighted by molar-refractivity contribution is -0.138. The van der Waals surface area contributed by atoms with Crippen molar-refractivity contribution in [3.05, 3.63) is 93.9 Å². The van der Waals surface area contributed by atoms with Gasteiger partial charge in [0.2, 0.25) is 0 Å². The second-order valence-electron chi connectivity index (χ2n) is 9.32. The van der Waals surface area contributed by atoms with Crippen molar-refractivity contribution in [1.29, 1.82) is 0 Å². The van der Waals surface area contributed by atoms with Gasteiger partial charge in [0, 0.05) is 37.0 Å². The number of alkyl halides is 3. The number of ether oxygens (including phenoxy) is 1. The van der Waals surface area contributed by atoms with Crippen LogP contribution in [0.25, 0.3) is 10.9 Å². The third kappa shape index (κ3) is 6.22. The molecule has 0 unspecified atom stereocenters. The molecule has 6 nitrogen and oxygen atoms in total. The van der Waals surface area contributed by atoms with E-state index in [1.54, 1.807) is 38.2 Å². The fourth-order valence-electron chi connectivity index (χ4n) is 4.57. The van der Waals surface area contributed by atoms with Crippen LogP contribution in [-0.4, -0.2) is 21.6 Å². The Morgan fingerprint density at radius 3 is 2.41 bits per heavy atom. The Morgan fingerprint density at radius 2 is 1.74 bits per heavy atom. The number of nitrogens with zero attached hydrogens (tertiary/aromatic N) is 1. The first-order valence-corrected chi connectivity index (χ1v) is 12.1. The molecule has 1 amide bonds. The summed E-state index contributed by atoms with van der Waals surface area (Å²) in [6.45, 7) is 3.37. The predicted molar refractivity (Wildman–Crippen MR) is 137 cm³/mol. The average molecular weight is 543 g/mol. The number of carbonyl (C=O) groups is 2. The molecule has 2 N–H and O–H groups in total. The lowest BCUT2D eigenvalue weighted by Gasteiger charge is -2.12. The van der Waals surface area contributed by atoms with Crippen LogP contribution in [0.1, 0.15) is 44.7 Å². The molecule has 0 bridgehead atoms. The van der Waals surface area contributed by atoms with E-state index in [1.165, 1.54) is 22.8 Å². The minimum atomic E-state index is -4.50. The lowest BCUT2D eigenvalue weighted by atomic mass is 10.0. The number of carbonyl (C=O) groups excluding carboxylic acids is 1. The van der Waals surface area contributed by atoms with Crippen molar-refractivity contribution >= 4 is 22.8 Å². The highest BCUT2D eigenvalue weighted by Crippen LogP contribution is 2.34. The largest absolute Gasteiger partial charge is 0.481 e. The number of hydrogen-bond acceptors (Lipinski definition) is 3. The van der Waals surface area contributed by atoms with Gasteiger partial charge >= 0.3 is 12.1 Å². The lowest BCUT2D eigenvalue weighted by Crippen LogP contribution is -2.25. The zero-order valence-electron chi connectivity index (χ0n) is 21.4. The highest BCUT2D eigenvalue weighted by atomic mass is 19.4. The maximum absolute atomic E-state index is 14.4. The number of carboxylic acid groups (broad SMARTS) is 1. The van der Waals surface area contributed by atoms with E-state index in [2.05, 4.69) is 5.32 Å². The second kappa shape index (κ2) is 10.8. The van der Waals surface area contributed by atoms with Crippen molar-refractivity contribution in [2.45, 2.75) is 39.4 Å². The summed E-state index contributed by atoms with van der Waals surface area (Å²) >= 11 is 0. The van der Waals surface area contributed by atoms with Crippen molar-refractivity contribution in [3.63, 3.8) is 0 Å². The van der Waals surface area contributed by atoms with E-state index in [9.17, 15) is 27.2 Å². The summed E-state index contributed by atoms with van der Waals surface area (Å²) in [6.07, 6.45) is -4.12. The number of fused-ring (bicyclic) bond motifs is 1. The molecule has 1 aromatic heterocycles. The maximum atomic E-state index is 14.4. The van der Waals surface area contributed by atoms with E-state index < -0.39 is 29.4 Å². The zero-order valence-corrected chi connectivity index (χ0v) is 21.4. The number of amides is 1. The number of aliphatic carboxylic acids is 1. The van der Waals surface area contributed by atoms with Crippen LogP contribution in [0.15, 0.2) is 54.6 Å². The molecule has 0 aliphatic carbocycles. The summed E-state index contributed by atoms with van der Waals surface area (Å²) in [4.78, 5) is 23.8. The molecule has 39 heavy (non-hydrogen) atoms. The first-order chi connectivity index (χ1) is 18.3. The van der Waals surface area contributed by atoms with E-state index in [0.29, 0.717) is 34.2 Å². The van der Waals surface area contributed by atoms with Crippen LogP contribution in [0.4, 0.5) is 17.6 Å². The topological polar surface area (TPSA) is 80.6 Å². The minimum Gasteiger partial charge on any atom is -0.481 e. The zero-order chi connectivity index (χ0) is 28.5. The normalized spacial score (nSPS) is 11.6. The van der Waals surface area contributed by atoms with Crippen LogP contribution in [0, 0.1) is 19.7 Å². The number of hydrogen-bond donors (Lipinski definition) is 2. The Balaban J connectivity index is 1.49. The first-order valence-electron chi connectivity index (χ1n) is 12.1. The summed E-state index contributed by atoms with van der Waals surface area (Å²) in [7, 11) is 1.60. The minimum absolute atomic E-state index is 0.00687. The summed E-state index contributed by atoms with van der Waals surface area (Å²) in [5.41, 5.74) is 2.42. The van der Waals surface area contributed by atoms with Crippen molar-refractivity contribution in [3.8, 4) is 11.5 Å². The fourth-order valence-corrected chi connectivity index (χ4v) is 4.57. The van der Waals surface area contributed by atoms with Crippen LogP contribution >= 0.6 is 0 Å². The standard InChI is InChI=1S/C29H26F4N2O4/c1-16-10-22(7-4-19(16)5-9-26(36)37)39-23-12-18(11-21(30)14-23)15-34-28(38)27-17(2)24-13-20(29(31,32)33)6-8-25(24)35(27)3/h4,6-8,10-14H,5,9,15H2,1-3H3,(H,34,38)(H,36,37). The van der Waals surface area contributed by atoms with Crippen molar-refractivity contribution in [1.82, 2.24) is 9.88 Å². The van der Waals surface area contributed by atoms with Crippen molar-refractivity contribution in [2.24, 2.45) is 7.05 Å². The smallest absolute Gasteiger partial charge is 0.416 e. The monoisotopic (exact) mass is 542 g/mol. The van der Waals surface area contributed by atoms with Gasteiger partial charge < -0.3 is 19.7 Å². The number of aryl methyl sites for hydroxylation is 4. The number of halogens is 4. The Kier molecular flexibility index (Phi) is 7.67. The number of carboxylic acids is 1. The van der Waals surface area contributed by atoms with E-state index in [4.69, 9.17) is 9.84 Å². The average Bonchev–Trinajstić information content (AvgIpc) is 3.10. The van der Waals surface area contributed by atoms with Crippen LogP contribution in [-0.2, 0) is 31.0 Å². The van der Waals surface area contributed by atoms with Gasteiger partial charge in [-0.1, -0.05) is 6.07 Å². The molecule has 0 atom stereocenters. The molecule has 0 saturated carbocycles. The van der Waals surface area contributed by atoms with E-state index in [-0.39, 0.29) is 24.4 Å². The maximum Gasteiger partial charge on any atom is 0.416 e.